The Balaban J connectivity index is 1.35. The molecule has 0 saturated heterocycles. The predicted octanol–water partition coefficient (Wildman–Crippen LogP) is 4.34. The Labute approximate surface area is 220 Å². The molecular weight excluding hydrogens is 583 g/mol. The lowest BCUT2D eigenvalue weighted by Gasteiger charge is -2.13. The fraction of sp³-hybridized carbons (Fsp3) is 0.125. The van der Waals surface area contributed by atoms with Crippen molar-refractivity contribution in [3.05, 3.63) is 86.4 Å². The summed E-state index contributed by atoms with van der Waals surface area (Å²) in [5.41, 5.74) is 5.01. The van der Waals surface area contributed by atoms with Crippen LogP contribution in [0.5, 0.6) is 11.5 Å². The number of tetrazole rings is 1. The Hall–Kier alpha value is -3.51. The SMILES string of the molecule is COc1cc(/C=N/NC(=O)Cn2nnc(-c3ccccc3)n2)cc(I)c1OCc1ccc(Cl)cc1. The summed E-state index contributed by atoms with van der Waals surface area (Å²) < 4.78 is 12.3. The molecule has 1 aromatic heterocycles. The molecule has 178 valence electrons. The number of ether oxygens (including phenoxy) is 2. The Kier molecular flexibility index (Phi) is 8.27. The normalized spacial score (nSPS) is 10.9. The summed E-state index contributed by atoms with van der Waals surface area (Å²) in [5.74, 6) is 1.24. The van der Waals surface area contributed by atoms with Crippen molar-refractivity contribution in [2.75, 3.05) is 7.11 Å². The summed E-state index contributed by atoms with van der Waals surface area (Å²) in [6, 6.07) is 20.5. The van der Waals surface area contributed by atoms with E-state index in [0.717, 1.165) is 20.3 Å². The molecule has 35 heavy (non-hydrogen) atoms. The molecule has 9 nitrogen and oxygen atoms in total. The summed E-state index contributed by atoms with van der Waals surface area (Å²) >= 11 is 8.10. The van der Waals surface area contributed by atoms with Gasteiger partial charge in [-0.15, -0.1) is 10.2 Å². The molecule has 11 heteroatoms. The molecule has 4 rings (SSSR count). The molecule has 0 atom stereocenters. The maximum Gasteiger partial charge on any atom is 0.263 e. The van der Waals surface area contributed by atoms with Crippen LogP contribution >= 0.6 is 34.2 Å². The van der Waals surface area contributed by atoms with Crippen LogP contribution in [-0.4, -0.2) is 39.4 Å². The third-order valence-corrected chi connectivity index (χ3v) is 5.77. The summed E-state index contributed by atoms with van der Waals surface area (Å²) in [7, 11) is 1.57. The number of carbonyl (C=O) groups excluding carboxylic acids is 1. The van der Waals surface area contributed by atoms with Crippen LogP contribution in [0.1, 0.15) is 11.1 Å². The number of hydrogen-bond donors (Lipinski definition) is 1. The third kappa shape index (κ3) is 6.76. The van der Waals surface area contributed by atoms with Crippen molar-refractivity contribution in [2.24, 2.45) is 5.10 Å². The maximum absolute atomic E-state index is 12.2. The Morgan fingerprint density at radius 2 is 1.94 bits per heavy atom. The van der Waals surface area contributed by atoms with E-state index in [9.17, 15) is 4.79 Å². The quantitative estimate of drug-likeness (QED) is 0.174. The van der Waals surface area contributed by atoms with Gasteiger partial charge in [0.2, 0.25) is 5.82 Å². The first-order valence-corrected chi connectivity index (χ1v) is 11.9. The summed E-state index contributed by atoms with van der Waals surface area (Å²) in [4.78, 5) is 13.4. The number of hydrazone groups is 1. The highest BCUT2D eigenvalue weighted by Gasteiger charge is 2.12. The number of rotatable bonds is 9. The van der Waals surface area contributed by atoms with Gasteiger partial charge in [-0.25, -0.2) is 5.43 Å². The monoisotopic (exact) mass is 602 g/mol. The lowest BCUT2D eigenvalue weighted by Crippen LogP contribution is -2.24. The molecule has 0 bridgehead atoms. The van der Waals surface area contributed by atoms with Gasteiger partial charge < -0.3 is 9.47 Å². The number of nitrogens with zero attached hydrogens (tertiary/aromatic N) is 5. The third-order valence-electron chi connectivity index (χ3n) is 4.72. The van der Waals surface area contributed by atoms with Crippen LogP contribution < -0.4 is 14.9 Å². The number of aromatic nitrogens is 4. The first-order chi connectivity index (χ1) is 17.0. The van der Waals surface area contributed by atoms with E-state index in [1.54, 1.807) is 13.2 Å². The largest absolute Gasteiger partial charge is 0.493 e. The van der Waals surface area contributed by atoms with Gasteiger partial charge in [0.15, 0.2) is 11.5 Å². The van der Waals surface area contributed by atoms with E-state index in [1.807, 2.05) is 60.7 Å². The van der Waals surface area contributed by atoms with Crippen molar-refractivity contribution in [1.82, 2.24) is 25.6 Å². The molecular formula is C24H20ClIN6O3. The summed E-state index contributed by atoms with van der Waals surface area (Å²) in [6.45, 7) is 0.255. The van der Waals surface area contributed by atoms with Crippen LogP contribution in [-0.2, 0) is 17.9 Å². The molecule has 0 unspecified atom stereocenters. The van der Waals surface area contributed by atoms with Crippen LogP contribution in [0.15, 0.2) is 71.8 Å². The zero-order chi connectivity index (χ0) is 24.6. The molecule has 1 amide bonds. The van der Waals surface area contributed by atoms with Gasteiger partial charge in [-0.1, -0.05) is 54.1 Å². The van der Waals surface area contributed by atoms with E-state index < -0.39 is 0 Å². The van der Waals surface area contributed by atoms with Gasteiger partial charge in [-0.3, -0.25) is 4.79 Å². The number of hydrogen-bond acceptors (Lipinski definition) is 7. The molecule has 0 fully saturated rings. The average molecular weight is 603 g/mol. The van der Waals surface area contributed by atoms with Gasteiger partial charge in [0.25, 0.3) is 5.91 Å². The molecule has 4 aromatic rings. The van der Waals surface area contributed by atoms with E-state index in [2.05, 4.69) is 48.5 Å². The highest BCUT2D eigenvalue weighted by atomic mass is 127. The van der Waals surface area contributed by atoms with E-state index in [0.29, 0.717) is 29.0 Å². The summed E-state index contributed by atoms with van der Waals surface area (Å²) in [6.07, 6.45) is 1.52. The zero-order valence-corrected chi connectivity index (χ0v) is 21.5. The summed E-state index contributed by atoms with van der Waals surface area (Å²) in [5, 5.41) is 16.8. The Bertz CT molecular complexity index is 1330. The van der Waals surface area contributed by atoms with E-state index in [1.165, 1.54) is 11.0 Å². The second kappa shape index (κ2) is 11.8. The van der Waals surface area contributed by atoms with Crippen LogP contribution in [0, 0.1) is 3.57 Å². The van der Waals surface area contributed by atoms with Crippen LogP contribution in [0.2, 0.25) is 5.02 Å². The molecule has 0 spiro atoms. The van der Waals surface area contributed by atoms with Crippen molar-refractivity contribution in [1.29, 1.82) is 0 Å². The molecule has 0 radical (unpaired) electrons. The Morgan fingerprint density at radius 3 is 2.69 bits per heavy atom. The lowest BCUT2D eigenvalue weighted by atomic mass is 10.2. The maximum atomic E-state index is 12.2. The number of carbonyl (C=O) groups is 1. The minimum Gasteiger partial charge on any atom is -0.493 e. The van der Waals surface area contributed by atoms with E-state index >= 15 is 0 Å². The molecule has 1 N–H and O–H groups in total. The van der Waals surface area contributed by atoms with Gasteiger partial charge >= 0.3 is 0 Å². The molecule has 3 aromatic carbocycles. The van der Waals surface area contributed by atoms with Gasteiger partial charge in [0.05, 0.1) is 16.9 Å². The van der Waals surface area contributed by atoms with Crippen molar-refractivity contribution in [2.45, 2.75) is 13.2 Å². The minimum absolute atomic E-state index is 0.116. The first kappa shape index (κ1) is 24.6. The van der Waals surface area contributed by atoms with E-state index in [-0.39, 0.29) is 12.5 Å². The number of halogens is 2. The highest BCUT2D eigenvalue weighted by molar-refractivity contribution is 14.1. The molecule has 0 aliphatic carbocycles. The fourth-order valence-electron chi connectivity index (χ4n) is 3.05. The van der Waals surface area contributed by atoms with Crippen LogP contribution in [0.4, 0.5) is 0 Å². The van der Waals surface area contributed by atoms with Crippen molar-refractivity contribution in [3.63, 3.8) is 0 Å². The minimum atomic E-state index is -0.386. The average Bonchev–Trinajstić information content (AvgIpc) is 3.33. The lowest BCUT2D eigenvalue weighted by molar-refractivity contribution is -0.122. The predicted molar refractivity (Wildman–Crippen MR) is 140 cm³/mol. The smallest absolute Gasteiger partial charge is 0.263 e. The van der Waals surface area contributed by atoms with Crippen molar-refractivity contribution < 1.29 is 14.3 Å². The van der Waals surface area contributed by atoms with Crippen molar-refractivity contribution >= 4 is 46.3 Å². The van der Waals surface area contributed by atoms with Crippen LogP contribution in [0.3, 0.4) is 0 Å². The Morgan fingerprint density at radius 1 is 1.17 bits per heavy atom. The van der Waals surface area contributed by atoms with E-state index in [4.69, 9.17) is 21.1 Å². The number of amides is 1. The second-order valence-corrected chi connectivity index (χ2v) is 8.85. The molecule has 0 aliphatic rings. The van der Waals surface area contributed by atoms with Gasteiger partial charge in [-0.2, -0.15) is 9.90 Å². The fourth-order valence-corrected chi connectivity index (χ4v) is 3.95. The molecule has 0 aliphatic heterocycles. The van der Waals surface area contributed by atoms with Gasteiger partial charge in [-0.05, 0) is 63.2 Å². The number of benzene rings is 3. The van der Waals surface area contributed by atoms with Crippen molar-refractivity contribution in [3.8, 4) is 22.9 Å². The molecule has 1 heterocycles. The van der Waals surface area contributed by atoms with Gasteiger partial charge in [0.1, 0.15) is 13.2 Å². The highest BCUT2D eigenvalue weighted by Crippen LogP contribution is 2.34. The topological polar surface area (TPSA) is 104 Å². The standard InChI is InChI=1S/C24H20ClIN6O3/c1-34-21-12-17(11-20(26)23(21)35-15-16-7-9-19(25)10-8-16)13-27-28-22(33)14-32-30-24(29-31-32)18-5-3-2-4-6-18/h2-13H,14-15H2,1H3,(H,28,33)/b27-13+. The van der Waals surface area contributed by atoms with Gasteiger partial charge in [0, 0.05) is 10.6 Å². The number of nitrogens with one attached hydrogen (secondary N) is 1. The van der Waals surface area contributed by atoms with Crippen LogP contribution in [0.25, 0.3) is 11.4 Å². The molecule has 0 saturated carbocycles. The second-order valence-electron chi connectivity index (χ2n) is 7.25. The zero-order valence-electron chi connectivity index (χ0n) is 18.6. The number of methoxy groups -OCH3 is 1. The first-order valence-electron chi connectivity index (χ1n) is 10.4.